The van der Waals surface area contributed by atoms with E-state index in [0.717, 1.165) is 13.0 Å². The average Bonchev–Trinajstić information content (AvgIpc) is 2.50. The Morgan fingerprint density at radius 3 is 2.64 bits per heavy atom. The summed E-state index contributed by atoms with van der Waals surface area (Å²) in [5.41, 5.74) is 0.256. The van der Waals surface area contributed by atoms with E-state index in [1.54, 1.807) is 12.1 Å². The van der Waals surface area contributed by atoms with Crippen LogP contribution in [0.3, 0.4) is 0 Å². The quantitative estimate of drug-likeness (QED) is 0.859. The van der Waals surface area contributed by atoms with E-state index in [1.807, 2.05) is 0 Å². The highest BCUT2D eigenvalue weighted by atomic mass is 19.1. The Morgan fingerprint density at radius 1 is 1.23 bits per heavy atom. The van der Waals surface area contributed by atoms with E-state index in [0.29, 0.717) is 11.7 Å². The molecule has 1 heterocycles. The summed E-state index contributed by atoms with van der Waals surface area (Å²) >= 11 is 0. The molecule has 5 nitrogen and oxygen atoms in total. The summed E-state index contributed by atoms with van der Waals surface area (Å²) in [4.78, 5) is 20.2. The van der Waals surface area contributed by atoms with Crippen LogP contribution in [0.1, 0.15) is 30.8 Å². The second-order valence-electron chi connectivity index (χ2n) is 5.33. The van der Waals surface area contributed by atoms with Gasteiger partial charge in [0, 0.05) is 6.54 Å². The first-order chi connectivity index (χ1) is 10.6. The lowest BCUT2D eigenvalue weighted by atomic mass is 10.1. The maximum atomic E-state index is 13.5. The molecule has 0 aliphatic rings. The van der Waals surface area contributed by atoms with Gasteiger partial charge in [0.05, 0.1) is 18.1 Å². The summed E-state index contributed by atoms with van der Waals surface area (Å²) < 4.78 is 13.5. The SMILES string of the molecule is CC(C)CCNc1cnc(C(=O)Nc2ccccc2F)cn1. The van der Waals surface area contributed by atoms with E-state index < -0.39 is 11.7 Å². The van der Waals surface area contributed by atoms with Crippen LogP contribution < -0.4 is 10.6 Å². The number of amides is 1. The first-order valence-electron chi connectivity index (χ1n) is 7.18. The summed E-state index contributed by atoms with van der Waals surface area (Å²) in [7, 11) is 0. The Kier molecular flexibility index (Phi) is 5.41. The molecule has 2 aromatic rings. The van der Waals surface area contributed by atoms with Crippen molar-refractivity contribution in [1.29, 1.82) is 0 Å². The fourth-order valence-electron chi connectivity index (χ4n) is 1.77. The number of benzene rings is 1. The van der Waals surface area contributed by atoms with Gasteiger partial charge in [-0.2, -0.15) is 0 Å². The number of halogens is 1. The molecule has 0 saturated heterocycles. The molecular weight excluding hydrogens is 283 g/mol. The lowest BCUT2D eigenvalue weighted by molar-refractivity contribution is 0.102. The van der Waals surface area contributed by atoms with Crippen LogP contribution in [0, 0.1) is 11.7 Å². The number of nitrogens with one attached hydrogen (secondary N) is 2. The number of carbonyl (C=O) groups is 1. The Morgan fingerprint density at radius 2 is 2.00 bits per heavy atom. The minimum atomic E-state index is -0.494. The van der Waals surface area contributed by atoms with Crippen molar-refractivity contribution in [2.45, 2.75) is 20.3 Å². The summed E-state index contributed by atoms with van der Waals surface area (Å²) in [6, 6.07) is 5.97. The van der Waals surface area contributed by atoms with E-state index in [4.69, 9.17) is 0 Å². The average molecular weight is 302 g/mol. The van der Waals surface area contributed by atoms with Crippen LogP contribution in [0.2, 0.25) is 0 Å². The smallest absolute Gasteiger partial charge is 0.275 e. The molecule has 0 bridgehead atoms. The third kappa shape index (κ3) is 4.51. The van der Waals surface area contributed by atoms with Crippen molar-refractivity contribution in [3.8, 4) is 0 Å². The third-order valence-corrected chi connectivity index (χ3v) is 3.03. The number of hydrogen-bond donors (Lipinski definition) is 2. The van der Waals surface area contributed by atoms with Gasteiger partial charge in [-0.25, -0.2) is 14.4 Å². The van der Waals surface area contributed by atoms with E-state index >= 15 is 0 Å². The summed E-state index contributed by atoms with van der Waals surface area (Å²) in [5.74, 6) is 0.233. The van der Waals surface area contributed by atoms with Crippen molar-refractivity contribution in [3.05, 3.63) is 48.2 Å². The number of anilines is 2. The topological polar surface area (TPSA) is 66.9 Å². The fraction of sp³-hybridized carbons (Fsp3) is 0.312. The zero-order valence-electron chi connectivity index (χ0n) is 12.6. The van der Waals surface area contributed by atoms with E-state index in [9.17, 15) is 9.18 Å². The highest BCUT2D eigenvalue weighted by Crippen LogP contribution is 2.13. The molecule has 2 N–H and O–H groups in total. The number of carbonyl (C=O) groups excluding carboxylic acids is 1. The molecule has 2 rings (SSSR count). The van der Waals surface area contributed by atoms with Crippen LogP contribution >= 0.6 is 0 Å². The van der Waals surface area contributed by atoms with Crippen molar-refractivity contribution < 1.29 is 9.18 Å². The maximum Gasteiger partial charge on any atom is 0.275 e. The highest BCUT2D eigenvalue weighted by molar-refractivity contribution is 6.02. The summed E-state index contributed by atoms with van der Waals surface area (Å²) in [6.07, 6.45) is 3.89. The standard InChI is InChI=1S/C16H19FN4O/c1-11(2)7-8-18-15-10-19-14(9-20-15)16(22)21-13-6-4-3-5-12(13)17/h3-6,9-11H,7-8H2,1-2H3,(H,18,20)(H,21,22). The van der Waals surface area contributed by atoms with E-state index in [1.165, 1.54) is 24.5 Å². The van der Waals surface area contributed by atoms with Crippen molar-refractivity contribution >= 4 is 17.4 Å². The molecule has 0 fully saturated rings. The van der Waals surface area contributed by atoms with Gasteiger partial charge in [0.25, 0.3) is 5.91 Å². The fourth-order valence-corrected chi connectivity index (χ4v) is 1.77. The molecule has 1 aromatic carbocycles. The van der Waals surface area contributed by atoms with Gasteiger partial charge < -0.3 is 10.6 Å². The molecule has 0 aliphatic carbocycles. The van der Waals surface area contributed by atoms with Crippen LogP contribution in [-0.2, 0) is 0 Å². The number of para-hydroxylation sites is 1. The molecule has 0 unspecified atom stereocenters. The summed E-state index contributed by atoms with van der Waals surface area (Å²) in [5, 5.41) is 5.60. The van der Waals surface area contributed by atoms with Crippen LogP contribution in [0.5, 0.6) is 0 Å². The first kappa shape index (κ1) is 15.9. The van der Waals surface area contributed by atoms with Gasteiger partial charge in [0.2, 0.25) is 0 Å². The number of rotatable bonds is 6. The van der Waals surface area contributed by atoms with Crippen molar-refractivity contribution in [1.82, 2.24) is 9.97 Å². The van der Waals surface area contributed by atoms with Crippen LogP contribution in [0.25, 0.3) is 0 Å². The highest BCUT2D eigenvalue weighted by Gasteiger charge is 2.10. The largest absolute Gasteiger partial charge is 0.369 e. The van der Waals surface area contributed by atoms with Gasteiger partial charge in [0.15, 0.2) is 0 Å². The molecule has 0 atom stereocenters. The number of hydrogen-bond acceptors (Lipinski definition) is 4. The molecule has 1 amide bonds. The second kappa shape index (κ2) is 7.49. The lowest BCUT2D eigenvalue weighted by Gasteiger charge is -2.08. The van der Waals surface area contributed by atoms with Gasteiger partial charge in [-0.1, -0.05) is 26.0 Å². The van der Waals surface area contributed by atoms with Crippen LogP contribution in [-0.4, -0.2) is 22.4 Å². The minimum Gasteiger partial charge on any atom is -0.369 e. The molecule has 22 heavy (non-hydrogen) atoms. The maximum absolute atomic E-state index is 13.5. The number of aromatic nitrogens is 2. The van der Waals surface area contributed by atoms with Gasteiger partial charge in [-0.3, -0.25) is 4.79 Å². The molecule has 0 saturated carbocycles. The zero-order chi connectivity index (χ0) is 15.9. The molecule has 1 aromatic heterocycles. The lowest BCUT2D eigenvalue weighted by Crippen LogP contribution is -2.15. The summed E-state index contributed by atoms with van der Waals surface area (Å²) in [6.45, 7) is 5.08. The Hall–Kier alpha value is -2.50. The Bertz CT molecular complexity index is 628. The predicted octanol–water partition coefficient (Wildman–Crippen LogP) is 3.33. The Labute approximate surface area is 129 Å². The van der Waals surface area contributed by atoms with Gasteiger partial charge in [-0.05, 0) is 24.5 Å². The molecule has 116 valence electrons. The normalized spacial score (nSPS) is 10.5. The van der Waals surface area contributed by atoms with E-state index in [-0.39, 0.29) is 11.4 Å². The first-order valence-corrected chi connectivity index (χ1v) is 7.18. The zero-order valence-corrected chi connectivity index (χ0v) is 12.6. The third-order valence-electron chi connectivity index (χ3n) is 3.03. The molecular formula is C16H19FN4O. The van der Waals surface area contributed by atoms with Gasteiger partial charge in [-0.15, -0.1) is 0 Å². The van der Waals surface area contributed by atoms with Crippen LogP contribution in [0.4, 0.5) is 15.9 Å². The molecule has 0 radical (unpaired) electrons. The Balaban J connectivity index is 1.95. The van der Waals surface area contributed by atoms with Crippen molar-refractivity contribution in [3.63, 3.8) is 0 Å². The van der Waals surface area contributed by atoms with Gasteiger partial charge >= 0.3 is 0 Å². The molecule has 6 heteroatoms. The monoisotopic (exact) mass is 302 g/mol. The molecule has 0 spiro atoms. The van der Waals surface area contributed by atoms with E-state index in [2.05, 4.69) is 34.4 Å². The number of nitrogens with zero attached hydrogens (tertiary/aromatic N) is 2. The van der Waals surface area contributed by atoms with Crippen molar-refractivity contribution in [2.24, 2.45) is 5.92 Å². The van der Waals surface area contributed by atoms with Gasteiger partial charge in [0.1, 0.15) is 17.3 Å². The van der Waals surface area contributed by atoms with Crippen molar-refractivity contribution in [2.75, 3.05) is 17.2 Å². The predicted molar refractivity (Wildman–Crippen MR) is 84.3 cm³/mol. The molecule has 0 aliphatic heterocycles. The second-order valence-corrected chi connectivity index (χ2v) is 5.33. The van der Waals surface area contributed by atoms with Crippen LogP contribution in [0.15, 0.2) is 36.7 Å². The minimum absolute atomic E-state index is 0.119.